The molecule has 6 rings (SSSR count). The summed E-state index contributed by atoms with van der Waals surface area (Å²) in [5.41, 5.74) is -1.48. The quantitative estimate of drug-likeness (QED) is 0.0976. The van der Waals surface area contributed by atoms with Crippen LogP contribution < -0.4 is 10.2 Å². The average Bonchev–Trinajstić information content (AvgIpc) is 3.14. The van der Waals surface area contributed by atoms with Gasteiger partial charge in [-0.15, -0.1) is 0 Å². The zero-order chi connectivity index (χ0) is 38.5. The largest absolute Gasteiger partial charge is 0.508 e. The van der Waals surface area contributed by atoms with Crippen molar-refractivity contribution in [1.82, 2.24) is 0 Å². The first kappa shape index (κ1) is 39.2. The highest BCUT2D eigenvalue weighted by atomic mass is 16.7. The molecule has 3 aliphatic heterocycles. The lowest BCUT2D eigenvalue weighted by molar-refractivity contribution is -0.342. The monoisotopic (exact) mass is 756 g/mol. The van der Waals surface area contributed by atoms with Gasteiger partial charge in [0.15, 0.2) is 11.7 Å². The molecule has 3 saturated heterocycles. The Labute approximate surface area is 298 Å². The minimum absolute atomic E-state index is 0.0509. The molecule has 20 nitrogen and oxygen atoms in total. The van der Waals surface area contributed by atoms with Gasteiger partial charge in [0.2, 0.25) is 6.29 Å². The molecule has 15 atom stereocenters. The Hall–Kier alpha value is -3.55. The molecule has 13 N–H and O–H groups in total. The van der Waals surface area contributed by atoms with Gasteiger partial charge in [-0.05, 0) is 24.3 Å². The van der Waals surface area contributed by atoms with E-state index in [1.807, 2.05) is 0 Å². The molecule has 1 aromatic heterocycles. The second-order valence-electron chi connectivity index (χ2n) is 12.9. The van der Waals surface area contributed by atoms with Crippen molar-refractivity contribution in [2.45, 2.75) is 91.9 Å². The summed E-state index contributed by atoms with van der Waals surface area (Å²) in [4.78, 5) is 13.6. The van der Waals surface area contributed by atoms with E-state index in [4.69, 9.17) is 28.1 Å². The fraction of sp³-hybridized carbons (Fsp3) is 0.545. The molecule has 0 bridgehead atoms. The van der Waals surface area contributed by atoms with E-state index in [1.54, 1.807) is 0 Å². The fourth-order valence-electron chi connectivity index (χ4n) is 6.53. The van der Waals surface area contributed by atoms with Gasteiger partial charge in [0, 0.05) is 17.7 Å². The number of aromatic hydroxyl groups is 2. The van der Waals surface area contributed by atoms with Gasteiger partial charge in [-0.2, -0.15) is 0 Å². The van der Waals surface area contributed by atoms with Gasteiger partial charge >= 0.3 is 0 Å². The topological polar surface area (TPSA) is 339 Å². The third-order valence-electron chi connectivity index (χ3n) is 9.53. The van der Waals surface area contributed by atoms with E-state index < -0.39 is 140 Å². The SMILES string of the molecule is O=c1cc(-c2ccc(O)cc2)oc2cc(O[C@@H]3O[C@@H](CO)[C@@H](O)[C@H](O)[C@H]3O)c([C@@H]3O[C@H](CO)[C@@H](O)[C@H](O)[C@H]3O[C@@H]3O[C@@H](CO)[C@@H](O)[C@H](O)[C@H]3O)c(O)c12. The third kappa shape index (κ3) is 7.21. The Balaban J connectivity index is 1.52. The lowest BCUT2D eigenvalue weighted by Crippen LogP contribution is -2.62. The van der Waals surface area contributed by atoms with Gasteiger partial charge < -0.3 is 94.5 Å². The first-order valence-electron chi connectivity index (χ1n) is 16.4. The molecule has 292 valence electrons. The number of aliphatic hydroxyl groups excluding tert-OH is 11. The van der Waals surface area contributed by atoms with Gasteiger partial charge in [-0.1, -0.05) is 0 Å². The molecular formula is C33H40O20. The first-order chi connectivity index (χ1) is 25.2. The Kier molecular flexibility index (Phi) is 11.6. The number of phenolic OH excluding ortho intramolecular Hbond substituents is 2. The highest BCUT2D eigenvalue weighted by Gasteiger charge is 2.53. The van der Waals surface area contributed by atoms with Crippen LogP contribution in [0.2, 0.25) is 0 Å². The number of hydrogen-bond donors (Lipinski definition) is 13. The van der Waals surface area contributed by atoms with Gasteiger partial charge in [0.05, 0.1) is 25.4 Å². The van der Waals surface area contributed by atoms with Crippen LogP contribution in [-0.2, 0) is 18.9 Å². The number of aliphatic hydroxyl groups is 11. The Morgan fingerprint density at radius 2 is 1.15 bits per heavy atom. The zero-order valence-electron chi connectivity index (χ0n) is 27.4. The van der Waals surface area contributed by atoms with Crippen LogP contribution in [0.1, 0.15) is 11.7 Å². The van der Waals surface area contributed by atoms with E-state index in [1.165, 1.54) is 24.3 Å². The molecule has 0 spiro atoms. The predicted octanol–water partition coefficient (Wildman–Crippen LogP) is -4.61. The maximum Gasteiger partial charge on any atom is 0.229 e. The van der Waals surface area contributed by atoms with Crippen LogP contribution in [0.25, 0.3) is 22.3 Å². The Bertz CT molecular complexity index is 1780. The lowest BCUT2D eigenvalue weighted by Gasteiger charge is -2.46. The highest BCUT2D eigenvalue weighted by molar-refractivity contribution is 5.88. The molecule has 0 unspecified atom stereocenters. The number of ether oxygens (including phenoxy) is 5. The summed E-state index contributed by atoms with van der Waals surface area (Å²) in [7, 11) is 0. The number of fused-ring (bicyclic) bond motifs is 1. The molecule has 0 aliphatic carbocycles. The molecule has 53 heavy (non-hydrogen) atoms. The van der Waals surface area contributed by atoms with Crippen molar-refractivity contribution in [2.24, 2.45) is 0 Å². The van der Waals surface area contributed by atoms with E-state index >= 15 is 0 Å². The zero-order valence-corrected chi connectivity index (χ0v) is 27.4. The van der Waals surface area contributed by atoms with Crippen molar-refractivity contribution in [3.05, 3.63) is 52.2 Å². The molecule has 2 aromatic carbocycles. The molecule has 20 heteroatoms. The van der Waals surface area contributed by atoms with E-state index in [2.05, 4.69) is 0 Å². The summed E-state index contributed by atoms with van der Waals surface area (Å²) < 4.78 is 34.4. The minimum Gasteiger partial charge on any atom is -0.508 e. The molecule has 3 aliphatic rings. The lowest BCUT2D eigenvalue weighted by atomic mass is 9.89. The highest BCUT2D eigenvalue weighted by Crippen LogP contribution is 2.47. The maximum absolute atomic E-state index is 13.6. The van der Waals surface area contributed by atoms with Gasteiger partial charge in [-0.3, -0.25) is 4.79 Å². The molecule has 0 radical (unpaired) electrons. The number of hydrogen-bond acceptors (Lipinski definition) is 20. The number of rotatable bonds is 9. The van der Waals surface area contributed by atoms with Crippen LogP contribution in [0, 0.1) is 0 Å². The summed E-state index contributed by atoms with van der Waals surface area (Å²) in [5, 5.41) is 136. The van der Waals surface area contributed by atoms with E-state index in [0.717, 1.165) is 12.1 Å². The summed E-state index contributed by atoms with van der Waals surface area (Å²) in [6.07, 6.45) is -27.9. The van der Waals surface area contributed by atoms with Gasteiger partial charge in [-0.25, -0.2) is 0 Å². The summed E-state index contributed by atoms with van der Waals surface area (Å²) in [6, 6.07) is 7.53. The van der Waals surface area contributed by atoms with Crippen molar-refractivity contribution in [3.8, 4) is 28.6 Å². The molecule has 4 heterocycles. The van der Waals surface area contributed by atoms with Gasteiger partial charge in [0.25, 0.3) is 0 Å². The standard InChI is InChI=1S/C33H40O20/c34-7-16-23(41)27(45)31(53-33-29(47)26(44)22(40)18(9-36)52-33)30(49-16)20-15(50-32-28(46)25(43)21(39)17(8-35)51-32)6-14-19(24(20)42)12(38)5-13(48-14)10-1-3-11(37)4-2-10/h1-6,16-18,21-23,25-37,39-47H,7-9H2/t16-,17+,18+,21-,22-,23-,25+,26+,27+,28-,29-,30+,31-,32-,33+/m1/s1. The van der Waals surface area contributed by atoms with Crippen molar-refractivity contribution < 1.29 is 94.5 Å². The smallest absolute Gasteiger partial charge is 0.229 e. The normalized spacial score (nSPS) is 37.8. The van der Waals surface area contributed by atoms with Crippen LogP contribution in [0.4, 0.5) is 0 Å². The third-order valence-corrected chi connectivity index (χ3v) is 9.53. The van der Waals surface area contributed by atoms with Crippen LogP contribution in [0.3, 0.4) is 0 Å². The second-order valence-corrected chi connectivity index (χ2v) is 12.9. The summed E-state index contributed by atoms with van der Waals surface area (Å²) >= 11 is 0. The van der Waals surface area contributed by atoms with Crippen LogP contribution in [0.15, 0.2) is 45.6 Å². The maximum atomic E-state index is 13.6. The number of phenols is 2. The fourth-order valence-corrected chi connectivity index (χ4v) is 6.53. The van der Waals surface area contributed by atoms with Crippen LogP contribution in [-0.4, -0.2) is 172 Å². The van der Waals surface area contributed by atoms with Crippen LogP contribution >= 0.6 is 0 Å². The van der Waals surface area contributed by atoms with Crippen molar-refractivity contribution in [2.75, 3.05) is 19.8 Å². The Morgan fingerprint density at radius 3 is 1.74 bits per heavy atom. The van der Waals surface area contributed by atoms with Crippen molar-refractivity contribution in [1.29, 1.82) is 0 Å². The summed E-state index contributed by atoms with van der Waals surface area (Å²) in [5.74, 6) is -1.67. The predicted molar refractivity (Wildman–Crippen MR) is 171 cm³/mol. The number of benzene rings is 2. The molecule has 3 aromatic rings. The molecular weight excluding hydrogens is 716 g/mol. The average molecular weight is 757 g/mol. The first-order valence-corrected chi connectivity index (χ1v) is 16.4. The van der Waals surface area contributed by atoms with E-state index in [-0.39, 0.29) is 17.1 Å². The van der Waals surface area contributed by atoms with Gasteiger partial charge in [0.1, 0.15) is 113 Å². The Morgan fingerprint density at radius 1 is 0.623 bits per heavy atom. The minimum atomic E-state index is -2.07. The molecule has 0 amide bonds. The van der Waals surface area contributed by atoms with E-state index in [9.17, 15) is 71.2 Å². The summed E-state index contributed by atoms with van der Waals surface area (Å²) in [6.45, 7) is -2.65. The molecule has 0 saturated carbocycles. The van der Waals surface area contributed by atoms with E-state index in [0.29, 0.717) is 5.56 Å². The van der Waals surface area contributed by atoms with Crippen LogP contribution in [0.5, 0.6) is 17.2 Å². The van der Waals surface area contributed by atoms with Crippen molar-refractivity contribution in [3.63, 3.8) is 0 Å². The van der Waals surface area contributed by atoms with Crippen molar-refractivity contribution >= 4 is 11.0 Å². The second kappa shape index (κ2) is 15.7. The molecule has 3 fully saturated rings.